The predicted molar refractivity (Wildman–Crippen MR) is 120 cm³/mol. The van der Waals surface area contributed by atoms with Gasteiger partial charge in [0.15, 0.2) is 12.4 Å². The fourth-order valence-electron chi connectivity index (χ4n) is 3.40. The number of amides is 1. The van der Waals surface area contributed by atoms with E-state index in [1.165, 1.54) is 12.4 Å². The summed E-state index contributed by atoms with van der Waals surface area (Å²) in [7, 11) is 0. The van der Waals surface area contributed by atoms with Crippen molar-refractivity contribution in [3.8, 4) is 11.1 Å². The van der Waals surface area contributed by atoms with E-state index in [-0.39, 0.29) is 30.3 Å². The molecule has 0 saturated heterocycles. The summed E-state index contributed by atoms with van der Waals surface area (Å²) in [4.78, 5) is 12.7. The summed E-state index contributed by atoms with van der Waals surface area (Å²) < 4.78 is 0.723. The van der Waals surface area contributed by atoms with E-state index in [4.69, 9.17) is 11.1 Å². The normalized spacial score (nSPS) is 12.7. The molecule has 0 saturated carbocycles. The van der Waals surface area contributed by atoms with Crippen LogP contribution in [0.25, 0.3) is 11.1 Å². The molecule has 0 fully saturated rings. The molecule has 1 amide bonds. The van der Waals surface area contributed by atoms with Gasteiger partial charge >= 0.3 is 0 Å². The average Bonchev–Trinajstić information content (AvgIpc) is 2.78. The molecule has 160 valence electrons. The van der Waals surface area contributed by atoms with Crippen LogP contribution < -0.4 is 15.8 Å². The van der Waals surface area contributed by atoms with Crippen molar-refractivity contribution in [1.29, 1.82) is 5.41 Å². The lowest BCUT2D eigenvalue weighted by Crippen LogP contribution is -2.40. The Balaban J connectivity index is 1.65. The fourth-order valence-corrected chi connectivity index (χ4v) is 3.40. The number of nitrogen functional groups attached to an aromatic ring is 1. The second-order valence-electron chi connectivity index (χ2n) is 7.55. The van der Waals surface area contributed by atoms with Crippen LogP contribution >= 0.6 is 0 Å². The van der Waals surface area contributed by atoms with Crippen molar-refractivity contribution in [2.75, 3.05) is 6.61 Å². The minimum absolute atomic E-state index is 0.00470. The van der Waals surface area contributed by atoms with E-state index < -0.39 is 0 Å². The summed E-state index contributed by atoms with van der Waals surface area (Å²) in [6.45, 7) is 1.78. The lowest BCUT2D eigenvalue weighted by molar-refractivity contribution is -0.605. The molecule has 3 aromatic rings. The van der Waals surface area contributed by atoms with E-state index in [0.29, 0.717) is 17.5 Å². The van der Waals surface area contributed by atoms with Gasteiger partial charge in [-0.1, -0.05) is 30.3 Å². The SMILES string of the molecule is CC(NC(=O)c1ccc(-c2cc[n+]([O-])cc2)cc1)C(CO)Cc1cccc(C(=N)N)c1. The van der Waals surface area contributed by atoms with Crippen LogP contribution in [0.2, 0.25) is 0 Å². The summed E-state index contributed by atoms with van der Waals surface area (Å²) in [6, 6.07) is 17.7. The molecule has 7 heteroatoms. The van der Waals surface area contributed by atoms with Crippen molar-refractivity contribution in [2.24, 2.45) is 11.7 Å². The van der Waals surface area contributed by atoms with Gasteiger partial charge in [0.1, 0.15) is 5.84 Å². The van der Waals surface area contributed by atoms with Crippen LogP contribution in [0.15, 0.2) is 73.1 Å². The van der Waals surface area contributed by atoms with Crippen LogP contribution in [0, 0.1) is 16.5 Å². The van der Waals surface area contributed by atoms with Gasteiger partial charge in [-0.2, -0.15) is 4.73 Å². The number of aliphatic hydroxyl groups is 1. The van der Waals surface area contributed by atoms with Crippen LogP contribution in [0.4, 0.5) is 0 Å². The summed E-state index contributed by atoms with van der Waals surface area (Å²) >= 11 is 0. The highest BCUT2D eigenvalue weighted by molar-refractivity contribution is 5.95. The number of pyridine rings is 1. The summed E-state index contributed by atoms with van der Waals surface area (Å²) in [5, 5.41) is 31.6. The number of nitrogens with two attached hydrogens (primary N) is 1. The first kappa shape index (κ1) is 22.0. The van der Waals surface area contributed by atoms with E-state index >= 15 is 0 Å². The van der Waals surface area contributed by atoms with Gasteiger partial charge in [-0.25, -0.2) is 0 Å². The maximum Gasteiger partial charge on any atom is 0.251 e. The van der Waals surface area contributed by atoms with E-state index in [2.05, 4.69) is 5.32 Å². The number of nitrogens with zero attached hydrogens (tertiary/aromatic N) is 1. The van der Waals surface area contributed by atoms with Gasteiger partial charge in [0.25, 0.3) is 5.91 Å². The van der Waals surface area contributed by atoms with Gasteiger partial charge < -0.3 is 21.4 Å². The highest BCUT2D eigenvalue weighted by Gasteiger charge is 2.20. The number of aliphatic hydroxyl groups excluding tert-OH is 1. The molecule has 0 aliphatic carbocycles. The van der Waals surface area contributed by atoms with Gasteiger partial charge in [0, 0.05) is 41.8 Å². The smallest absolute Gasteiger partial charge is 0.251 e. The molecule has 2 unspecified atom stereocenters. The summed E-state index contributed by atoms with van der Waals surface area (Å²) in [6.07, 6.45) is 3.41. The van der Waals surface area contributed by atoms with Crippen molar-refractivity contribution in [1.82, 2.24) is 5.32 Å². The Hall–Kier alpha value is -3.71. The average molecular weight is 418 g/mol. The quantitative estimate of drug-likeness (QED) is 0.194. The fraction of sp³-hybridized carbons (Fsp3) is 0.208. The number of aromatic nitrogens is 1. The monoisotopic (exact) mass is 418 g/mol. The Morgan fingerprint density at radius 2 is 1.74 bits per heavy atom. The molecule has 0 radical (unpaired) electrons. The molecular formula is C24H26N4O3. The van der Waals surface area contributed by atoms with Crippen LogP contribution in [-0.4, -0.2) is 29.5 Å². The molecule has 1 heterocycles. The van der Waals surface area contributed by atoms with Gasteiger partial charge in [-0.15, -0.1) is 0 Å². The topological polar surface area (TPSA) is 126 Å². The van der Waals surface area contributed by atoms with Gasteiger partial charge in [0.05, 0.1) is 0 Å². The minimum Gasteiger partial charge on any atom is -0.619 e. The number of amidine groups is 1. The maximum atomic E-state index is 12.7. The number of carbonyl (C=O) groups is 1. The summed E-state index contributed by atoms with van der Waals surface area (Å²) in [5.41, 5.74) is 9.44. The van der Waals surface area contributed by atoms with Crippen LogP contribution in [-0.2, 0) is 6.42 Å². The van der Waals surface area contributed by atoms with E-state index in [0.717, 1.165) is 21.4 Å². The second kappa shape index (κ2) is 9.86. The first-order chi connectivity index (χ1) is 14.9. The number of rotatable bonds is 8. The number of carbonyl (C=O) groups excluding carboxylic acids is 1. The van der Waals surface area contributed by atoms with Gasteiger partial charge in [0.2, 0.25) is 0 Å². The zero-order valence-electron chi connectivity index (χ0n) is 17.3. The molecule has 1 aromatic heterocycles. The van der Waals surface area contributed by atoms with Gasteiger partial charge in [-0.05, 0) is 48.2 Å². The zero-order chi connectivity index (χ0) is 22.4. The third kappa shape index (κ3) is 5.67. The molecule has 2 atom stereocenters. The highest BCUT2D eigenvalue weighted by atomic mass is 16.5. The lowest BCUT2D eigenvalue weighted by Gasteiger charge is -2.23. The zero-order valence-corrected chi connectivity index (χ0v) is 17.3. The molecule has 0 spiro atoms. The molecule has 7 nitrogen and oxygen atoms in total. The molecule has 0 aliphatic rings. The number of hydrogen-bond donors (Lipinski definition) is 4. The Morgan fingerprint density at radius 3 is 2.35 bits per heavy atom. The molecule has 0 bridgehead atoms. The lowest BCUT2D eigenvalue weighted by atomic mass is 9.92. The maximum absolute atomic E-state index is 12.7. The van der Waals surface area contributed by atoms with Crippen LogP contribution in [0.3, 0.4) is 0 Å². The number of nitrogens with one attached hydrogen (secondary N) is 2. The Bertz CT molecular complexity index is 1050. The minimum atomic E-state index is -0.264. The van der Waals surface area contributed by atoms with Gasteiger partial charge in [-0.3, -0.25) is 10.2 Å². The van der Waals surface area contributed by atoms with Crippen LogP contribution in [0.1, 0.15) is 28.4 Å². The molecule has 5 N–H and O–H groups in total. The van der Waals surface area contributed by atoms with E-state index in [1.54, 1.807) is 30.3 Å². The second-order valence-corrected chi connectivity index (χ2v) is 7.55. The first-order valence-corrected chi connectivity index (χ1v) is 10.0. The first-order valence-electron chi connectivity index (χ1n) is 10.0. The Labute approximate surface area is 181 Å². The van der Waals surface area contributed by atoms with E-state index in [9.17, 15) is 15.1 Å². The molecule has 2 aromatic carbocycles. The molecule has 3 rings (SSSR count). The third-order valence-corrected chi connectivity index (χ3v) is 5.32. The highest BCUT2D eigenvalue weighted by Crippen LogP contribution is 2.19. The van der Waals surface area contributed by atoms with Crippen LogP contribution in [0.5, 0.6) is 0 Å². The van der Waals surface area contributed by atoms with E-state index in [1.807, 2.05) is 37.3 Å². The number of hydrogen-bond acceptors (Lipinski definition) is 4. The predicted octanol–water partition coefficient (Wildman–Crippen LogP) is 2.24. The largest absolute Gasteiger partial charge is 0.619 e. The van der Waals surface area contributed by atoms with Crippen molar-refractivity contribution < 1.29 is 14.6 Å². The number of benzene rings is 2. The summed E-state index contributed by atoms with van der Waals surface area (Å²) in [5.74, 6) is -0.413. The standard InChI is InChI=1S/C24H26N4O3/c1-16(22(15-29)14-17-3-2-4-21(13-17)23(25)26)27-24(30)20-7-5-18(6-8-20)19-9-11-28(31)12-10-19/h2-13,16,22,29H,14-15H2,1H3,(H3,25,26)(H,27,30). The third-order valence-electron chi connectivity index (χ3n) is 5.32. The molecule has 0 aliphatic heterocycles. The van der Waals surface area contributed by atoms with Crippen molar-refractivity contribution in [3.05, 3.63) is 95.0 Å². The Kier molecular flexibility index (Phi) is 6.99. The van der Waals surface area contributed by atoms with Crippen molar-refractivity contribution >= 4 is 11.7 Å². The molecular weight excluding hydrogens is 392 g/mol. The Morgan fingerprint density at radius 1 is 1.10 bits per heavy atom. The van der Waals surface area contributed by atoms with Crippen molar-refractivity contribution in [2.45, 2.75) is 19.4 Å². The molecule has 31 heavy (non-hydrogen) atoms. The van der Waals surface area contributed by atoms with Crippen molar-refractivity contribution in [3.63, 3.8) is 0 Å².